The first-order chi connectivity index (χ1) is 11.9. The van der Waals surface area contributed by atoms with Crippen molar-refractivity contribution in [1.29, 1.82) is 0 Å². The molecule has 0 radical (unpaired) electrons. The fourth-order valence-electron chi connectivity index (χ4n) is 2.52. The molecule has 1 aromatic heterocycles. The van der Waals surface area contributed by atoms with Crippen LogP contribution in [0.1, 0.15) is 14.5 Å². The zero-order chi connectivity index (χ0) is 18.0. The fraction of sp³-hybridized carbons (Fsp3) is 0.312. The Morgan fingerprint density at radius 3 is 2.64 bits per heavy atom. The lowest BCUT2D eigenvalue weighted by molar-refractivity contribution is 0.0730. The second kappa shape index (κ2) is 7.12. The molecule has 1 amide bonds. The Morgan fingerprint density at radius 1 is 1.28 bits per heavy atom. The zero-order valence-corrected chi connectivity index (χ0v) is 15.2. The number of benzene rings is 1. The molecule has 0 unspecified atom stereocenters. The summed E-state index contributed by atoms with van der Waals surface area (Å²) in [4.78, 5) is 13.4. The molecule has 0 spiro atoms. The number of thiophene rings is 1. The molecule has 0 atom stereocenters. The lowest BCUT2D eigenvalue weighted by Gasteiger charge is -2.25. The molecule has 3 rings (SSSR count). The van der Waals surface area contributed by atoms with Gasteiger partial charge in [0.05, 0.1) is 28.7 Å². The average molecular weight is 382 g/mol. The first-order valence-corrected chi connectivity index (χ1v) is 9.93. The minimum Gasteiger partial charge on any atom is -0.506 e. The van der Waals surface area contributed by atoms with Gasteiger partial charge in [0.2, 0.25) is 10.0 Å². The molecule has 0 saturated carbocycles. The average Bonchev–Trinajstić information content (AvgIpc) is 3.00. The summed E-state index contributed by atoms with van der Waals surface area (Å²) in [6, 6.07) is 7.75. The van der Waals surface area contributed by atoms with Crippen LogP contribution in [0.25, 0.3) is 0 Å². The van der Waals surface area contributed by atoms with E-state index in [0.29, 0.717) is 31.2 Å². The standard InChI is InChI=1S/C16H18N2O5S2/c1-11-15(25(21,22)18-6-8-23-9-7-18)10-14(24-11)16(20)17-12-4-2-3-5-13(12)19/h2-5,10,19H,6-9H2,1H3,(H,17,20). The molecule has 7 nitrogen and oxygen atoms in total. The number of aromatic hydroxyl groups is 1. The zero-order valence-electron chi connectivity index (χ0n) is 13.6. The Labute approximate surface area is 149 Å². The molecule has 1 saturated heterocycles. The highest BCUT2D eigenvalue weighted by Gasteiger charge is 2.30. The molecule has 9 heteroatoms. The number of phenolic OH excluding ortho intramolecular Hbond substituents is 1. The van der Waals surface area contributed by atoms with Crippen molar-refractivity contribution in [2.45, 2.75) is 11.8 Å². The Kier molecular flexibility index (Phi) is 5.09. The Balaban J connectivity index is 1.84. The number of phenols is 1. The maximum Gasteiger partial charge on any atom is 0.265 e. The number of hydrogen-bond acceptors (Lipinski definition) is 6. The van der Waals surface area contributed by atoms with E-state index in [0.717, 1.165) is 11.3 Å². The van der Waals surface area contributed by atoms with Crippen molar-refractivity contribution in [1.82, 2.24) is 4.31 Å². The van der Waals surface area contributed by atoms with Gasteiger partial charge in [-0.1, -0.05) is 12.1 Å². The number of carbonyl (C=O) groups excluding carboxylic acids is 1. The van der Waals surface area contributed by atoms with E-state index in [1.54, 1.807) is 25.1 Å². The van der Waals surface area contributed by atoms with Gasteiger partial charge in [-0.2, -0.15) is 4.31 Å². The van der Waals surface area contributed by atoms with Crippen LogP contribution in [0.3, 0.4) is 0 Å². The van der Waals surface area contributed by atoms with E-state index in [9.17, 15) is 18.3 Å². The molecule has 2 N–H and O–H groups in total. The van der Waals surface area contributed by atoms with E-state index in [4.69, 9.17) is 4.74 Å². The van der Waals surface area contributed by atoms with Crippen LogP contribution in [-0.4, -0.2) is 50.0 Å². The van der Waals surface area contributed by atoms with E-state index < -0.39 is 15.9 Å². The first kappa shape index (κ1) is 17.9. The van der Waals surface area contributed by atoms with E-state index >= 15 is 0 Å². The quantitative estimate of drug-likeness (QED) is 0.789. The monoisotopic (exact) mass is 382 g/mol. The summed E-state index contributed by atoms with van der Waals surface area (Å²) < 4.78 is 32.1. The molecule has 1 fully saturated rings. The second-order valence-electron chi connectivity index (χ2n) is 5.52. The maximum absolute atomic E-state index is 12.8. The Hall–Kier alpha value is -1.94. The van der Waals surface area contributed by atoms with Gasteiger partial charge in [-0.25, -0.2) is 8.42 Å². The molecule has 134 valence electrons. The van der Waals surface area contributed by atoms with Gasteiger partial charge in [-0.05, 0) is 25.1 Å². The smallest absolute Gasteiger partial charge is 0.265 e. The highest BCUT2D eigenvalue weighted by Crippen LogP contribution is 2.30. The van der Waals surface area contributed by atoms with Gasteiger partial charge < -0.3 is 15.2 Å². The van der Waals surface area contributed by atoms with Crippen LogP contribution in [-0.2, 0) is 14.8 Å². The van der Waals surface area contributed by atoms with E-state index in [1.165, 1.54) is 16.4 Å². The normalized spacial score (nSPS) is 15.9. The van der Waals surface area contributed by atoms with Crippen molar-refractivity contribution in [3.05, 3.63) is 40.1 Å². The number of carbonyl (C=O) groups is 1. The van der Waals surface area contributed by atoms with Gasteiger partial charge in [-0.3, -0.25) is 4.79 Å². The van der Waals surface area contributed by atoms with Crippen LogP contribution in [0.2, 0.25) is 0 Å². The van der Waals surface area contributed by atoms with Crippen LogP contribution >= 0.6 is 11.3 Å². The first-order valence-electron chi connectivity index (χ1n) is 7.67. The van der Waals surface area contributed by atoms with Crippen LogP contribution in [0.15, 0.2) is 35.2 Å². The Bertz CT molecular complexity index is 886. The predicted molar refractivity (Wildman–Crippen MR) is 94.7 cm³/mol. The SMILES string of the molecule is Cc1sc(C(=O)Nc2ccccc2O)cc1S(=O)(=O)N1CCOCC1. The van der Waals surface area contributed by atoms with Crippen molar-refractivity contribution < 1.29 is 23.1 Å². The third-order valence-electron chi connectivity index (χ3n) is 3.84. The molecular weight excluding hydrogens is 364 g/mol. The molecule has 2 heterocycles. The van der Waals surface area contributed by atoms with Crippen molar-refractivity contribution in [3.8, 4) is 5.75 Å². The molecule has 1 aromatic carbocycles. The number of morpholine rings is 1. The van der Waals surface area contributed by atoms with Crippen molar-refractivity contribution in [2.24, 2.45) is 0 Å². The lowest BCUT2D eigenvalue weighted by atomic mass is 10.3. The van der Waals surface area contributed by atoms with E-state index in [2.05, 4.69) is 5.32 Å². The predicted octanol–water partition coefficient (Wildman–Crippen LogP) is 2.04. The number of nitrogens with zero attached hydrogens (tertiary/aromatic N) is 1. The number of nitrogens with one attached hydrogen (secondary N) is 1. The van der Waals surface area contributed by atoms with Gasteiger partial charge in [0, 0.05) is 18.0 Å². The van der Waals surface area contributed by atoms with E-state index in [-0.39, 0.29) is 21.2 Å². The molecule has 1 aliphatic rings. The van der Waals surface area contributed by atoms with E-state index in [1.807, 2.05) is 0 Å². The van der Waals surface area contributed by atoms with Gasteiger partial charge in [-0.15, -0.1) is 11.3 Å². The largest absolute Gasteiger partial charge is 0.506 e. The summed E-state index contributed by atoms with van der Waals surface area (Å²) in [6.07, 6.45) is 0. The third-order valence-corrected chi connectivity index (χ3v) is 7.04. The molecule has 0 aliphatic carbocycles. The minimum absolute atomic E-state index is 0.0507. The molecule has 2 aromatic rings. The van der Waals surface area contributed by atoms with Crippen LogP contribution < -0.4 is 5.32 Å². The fourth-order valence-corrected chi connectivity index (χ4v) is 5.39. The highest BCUT2D eigenvalue weighted by atomic mass is 32.2. The summed E-state index contributed by atoms with van der Waals surface area (Å²) in [5.41, 5.74) is 0.274. The number of ether oxygens (including phenoxy) is 1. The molecule has 1 aliphatic heterocycles. The summed E-state index contributed by atoms with van der Waals surface area (Å²) in [6.45, 7) is 3.01. The van der Waals surface area contributed by atoms with Crippen LogP contribution in [0.4, 0.5) is 5.69 Å². The topological polar surface area (TPSA) is 95.9 Å². The van der Waals surface area contributed by atoms with Crippen LogP contribution in [0, 0.1) is 6.92 Å². The lowest BCUT2D eigenvalue weighted by Crippen LogP contribution is -2.40. The van der Waals surface area contributed by atoms with Crippen molar-refractivity contribution >= 4 is 33.0 Å². The third kappa shape index (κ3) is 3.69. The minimum atomic E-state index is -3.65. The number of hydrogen-bond donors (Lipinski definition) is 2. The number of aryl methyl sites for hydroxylation is 1. The molecule has 25 heavy (non-hydrogen) atoms. The summed E-state index contributed by atoms with van der Waals surface area (Å²) in [7, 11) is -3.65. The number of amides is 1. The summed E-state index contributed by atoms with van der Waals surface area (Å²) >= 11 is 1.11. The molecule has 0 bridgehead atoms. The van der Waals surface area contributed by atoms with Crippen LogP contribution in [0.5, 0.6) is 5.75 Å². The van der Waals surface area contributed by atoms with Crippen molar-refractivity contribution in [2.75, 3.05) is 31.6 Å². The number of anilines is 1. The van der Waals surface area contributed by atoms with Gasteiger partial charge in [0.1, 0.15) is 5.75 Å². The number of para-hydroxylation sites is 2. The van der Waals surface area contributed by atoms with Gasteiger partial charge >= 0.3 is 0 Å². The summed E-state index contributed by atoms with van der Waals surface area (Å²) in [5.74, 6) is -0.511. The van der Waals surface area contributed by atoms with Gasteiger partial charge in [0.25, 0.3) is 5.91 Å². The number of rotatable bonds is 4. The molecular formula is C16H18N2O5S2. The number of sulfonamides is 1. The highest BCUT2D eigenvalue weighted by molar-refractivity contribution is 7.89. The van der Waals surface area contributed by atoms with Gasteiger partial charge in [0.15, 0.2) is 0 Å². The summed E-state index contributed by atoms with van der Waals surface area (Å²) in [5, 5.41) is 12.3. The maximum atomic E-state index is 12.8. The Morgan fingerprint density at radius 2 is 1.96 bits per heavy atom. The second-order valence-corrected chi connectivity index (χ2v) is 8.68. The van der Waals surface area contributed by atoms with Crippen molar-refractivity contribution in [3.63, 3.8) is 0 Å².